The van der Waals surface area contributed by atoms with Gasteiger partial charge < -0.3 is 9.72 Å². The predicted molar refractivity (Wildman–Crippen MR) is 99.6 cm³/mol. The summed E-state index contributed by atoms with van der Waals surface area (Å²) in [5.41, 5.74) is 1.70. The first-order valence-corrected chi connectivity index (χ1v) is 10.6. The van der Waals surface area contributed by atoms with Crippen LogP contribution < -0.4 is 4.74 Å². The summed E-state index contributed by atoms with van der Waals surface area (Å²) in [6.07, 6.45) is 0. The minimum absolute atomic E-state index is 0.0552. The van der Waals surface area contributed by atoms with Crippen LogP contribution in [0.3, 0.4) is 0 Å². The molecule has 2 aromatic carbocycles. The highest BCUT2D eigenvalue weighted by molar-refractivity contribution is 9.10. The second kappa shape index (κ2) is 7.16. The van der Waals surface area contributed by atoms with Gasteiger partial charge in [0.15, 0.2) is 15.0 Å². The third-order valence-corrected chi connectivity index (χ3v) is 6.83. The Labute approximate surface area is 152 Å². The average Bonchev–Trinajstić information content (AvgIpc) is 2.96. The Bertz CT molecular complexity index is 953. The van der Waals surface area contributed by atoms with Crippen molar-refractivity contribution < 1.29 is 13.2 Å². The van der Waals surface area contributed by atoms with Crippen molar-refractivity contribution in [1.29, 1.82) is 0 Å². The van der Waals surface area contributed by atoms with Gasteiger partial charge in [0.2, 0.25) is 0 Å². The number of thioether (sulfide) groups is 1. The van der Waals surface area contributed by atoms with Crippen molar-refractivity contribution in [2.75, 3.05) is 18.6 Å². The molecular formula is C16H15BrN2O3S2. The van der Waals surface area contributed by atoms with Gasteiger partial charge in [0.25, 0.3) is 0 Å². The van der Waals surface area contributed by atoms with Crippen molar-refractivity contribution in [3.05, 3.63) is 46.9 Å². The van der Waals surface area contributed by atoms with Crippen molar-refractivity contribution in [2.45, 2.75) is 10.1 Å². The number of nitrogens with zero attached hydrogens (tertiary/aromatic N) is 1. The summed E-state index contributed by atoms with van der Waals surface area (Å²) >= 11 is 4.69. The molecule has 0 spiro atoms. The maximum Gasteiger partial charge on any atom is 0.179 e. The average molecular weight is 427 g/mol. The van der Waals surface area contributed by atoms with E-state index in [0.29, 0.717) is 15.8 Å². The Balaban J connectivity index is 1.66. The molecule has 24 heavy (non-hydrogen) atoms. The third kappa shape index (κ3) is 3.93. The van der Waals surface area contributed by atoms with Crippen LogP contribution in [0.4, 0.5) is 0 Å². The number of aromatic amines is 1. The number of imidazole rings is 1. The molecule has 8 heteroatoms. The van der Waals surface area contributed by atoms with E-state index >= 15 is 0 Å². The highest BCUT2D eigenvalue weighted by Gasteiger charge is 2.15. The minimum Gasteiger partial charge on any atom is -0.497 e. The highest BCUT2D eigenvalue weighted by Crippen LogP contribution is 2.24. The number of H-pyrrole nitrogens is 1. The Kier molecular flexibility index (Phi) is 5.17. The number of methoxy groups -OCH3 is 1. The summed E-state index contributed by atoms with van der Waals surface area (Å²) in [6.45, 7) is 0. The van der Waals surface area contributed by atoms with Crippen LogP contribution in [0.15, 0.2) is 57.0 Å². The normalized spacial score (nSPS) is 11.8. The molecule has 0 bridgehead atoms. The molecule has 3 aromatic rings. The van der Waals surface area contributed by atoms with E-state index in [1.165, 1.54) is 11.8 Å². The van der Waals surface area contributed by atoms with Crippen LogP contribution in [0.1, 0.15) is 0 Å². The first-order chi connectivity index (χ1) is 11.5. The summed E-state index contributed by atoms with van der Waals surface area (Å²) in [5, 5.41) is 0.698. The molecule has 126 valence electrons. The van der Waals surface area contributed by atoms with Gasteiger partial charge in [0.05, 0.1) is 28.8 Å². The molecule has 0 aliphatic heterocycles. The molecule has 0 fully saturated rings. The van der Waals surface area contributed by atoms with E-state index in [9.17, 15) is 8.42 Å². The number of fused-ring (bicyclic) bond motifs is 1. The van der Waals surface area contributed by atoms with Gasteiger partial charge in [-0.15, -0.1) is 0 Å². The van der Waals surface area contributed by atoms with Crippen molar-refractivity contribution in [3.8, 4) is 5.75 Å². The first-order valence-electron chi connectivity index (χ1n) is 7.13. The van der Waals surface area contributed by atoms with Crippen LogP contribution in [-0.2, 0) is 9.84 Å². The molecule has 1 aromatic heterocycles. The molecule has 1 heterocycles. The Hall–Kier alpha value is -1.51. The number of nitrogens with one attached hydrogen (secondary N) is 1. The number of ether oxygens (including phenoxy) is 1. The lowest BCUT2D eigenvalue weighted by atomic mass is 10.3. The monoisotopic (exact) mass is 426 g/mol. The second-order valence-electron chi connectivity index (χ2n) is 5.05. The van der Waals surface area contributed by atoms with Crippen LogP contribution >= 0.6 is 27.7 Å². The summed E-state index contributed by atoms with van der Waals surface area (Å²) in [5.74, 6) is 1.23. The zero-order chi connectivity index (χ0) is 17.2. The molecule has 5 nitrogen and oxygen atoms in total. The molecule has 1 N–H and O–H groups in total. The van der Waals surface area contributed by atoms with E-state index in [0.717, 1.165) is 21.3 Å². The molecule has 0 saturated heterocycles. The fraction of sp³-hybridized carbons (Fsp3) is 0.188. The number of hydrogen-bond acceptors (Lipinski definition) is 5. The number of rotatable bonds is 6. The lowest BCUT2D eigenvalue weighted by molar-refractivity contribution is 0.415. The topological polar surface area (TPSA) is 72.0 Å². The number of sulfone groups is 1. The van der Waals surface area contributed by atoms with Gasteiger partial charge in [-0.2, -0.15) is 0 Å². The smallest absolute Gasteiger partial charge is 0.179 e. The van der Waals surface area contributed by atoms with Gasteiger partial charge in [0.1, 0.15) is 5.75 Å². The molecule has 0 saturated carbocycles. The zero-order valence-corrected chi connectivity index (χ0v) is 16.0. The zero-order valence-electron chi connectivity index (χ0n) is 12.8. The van der Waals surface area contributed by atoms with E-state index in [2.05, 4.69) is 25.9 Å². The van der Waals surface area contributed by atoms with Gasteiger partial charge >= 0.3 is 0 Å². The Morgan fingerprint density at radius 2 is 1.96 bits per heavy atom. The SMILES string of the molecule is COc1ccc2nc(SCCS(=O)(=O)c3ccc(Br)cc3)[nH]c2c1. The van der Waals surface area contributed by atoms with Gasteiger partial charge in [-0.3, -0.25) is 0 Å². The van der Waals surface area contributed by atoms with Crippen molar-refractivity contribution in [1.82, 2.24) is 9.97 Å². The molecule has 0 radical (unpaired) electrons. The molecular weight excluding hydrogens is 412 g/mol. The standard InChI is InChI=1S/C16H15BrN2O3S2/c1-22-12-4-7-14-15(10-12)19-16(18-14)23-8-9-24(20,21)13-5-2-11(17)3-6-13/h2-7,10H,8-9H2,1H3,(H,18,19). The van der Waals surface area contributed by atoms with Gasteiger partial charge in [-0.25, -0.2) is 13.4 Å². The number of aromatic nitrogens is 2. The van der Waals surface area contributed by atoms with Crippen molar-refractivity contribution in [3.63, 3.8) is 0 Å². The maximum absolute atomic E-state index is 12.3. The van der Waals surface area contributed by atoms with Gasteiger partial charge in [-0.05, 0) is 36.4 Å². The molecule has 0 unspecified atom stereocenters. The Morgan fingerprint density at radius 1 is 1.21 bits per heavy atom. The maximum atomic E-state index is 12.3. The summed E-state index contributed by atoms with van der Waals surface area (Å²) < 4.78 is 30.7. The third-order valence-electron chi connectivity index (χ3n) is 3.43. The highest BCUT2D eigenvalue weighted by atomic mass is 79.9. The van der Waals surface area contributed by atoms with Crippen LogP contribution in [0, 0.1) is 0 Å². The molecule has 0 amide bonds. The quantitative estimate of drug-likeness (QED) is 0.605. The summed E-state index contributed by atoms with van der Waals surface area (Å²) in [6, 6.07) is 12.3. The first kappa shape index (κ1) is 17.3. The molecule has 0 aliphatic rings. The largest absolute Gasteiger partial charge is 0.497 e. The number of halogens is 1. The molecule has 0 atom stereocenters. The van der Waals surface area contributed by atoms with Gasteiger partial charge in [-0.1, -0.05) is 27.7 Å². The van der Waals surface area contributed by atoms with E-state index in [4.69, 9.17) is 4.74 Å². The minimum atomic E-state index is -3.29. The van der Waals surface area contributed by atoms with Crippen LogP contribution in [0.2, 0.25) is 0 Å². The lowest BCUT2D eigenvalue weighted by Gasteiger charge is -2.03. The number of hydrogen-bond donors (Lipinski definition) is 1. The van der Waals surface area contributed by atoms with E-state index in [1.54, 1.807) is 31.4 Å². The second-order valence-corrected chi connectivity index (χ2v) is 9.15. The van der Waals surface area contributed by atoms with Crippen LogP contribution in [0.5, 0.6) is 5.75 Å². The summed E-state index contributed by atoms with van der Waals surface area (Å²) in [4.78, 5) is 7.95. The Morgan fingerprint density at radius 3 is 2.67 bits per heavy atom. The van der Waals surface area contributed by atoms with Crippen molar-refractivity contribution in [2.24, 2.45) is 0 Å². The fourth-order valence-corrected chi connectivity index (χ4v) is 4.97. The van der Waals surface area contributed by atoms with E-state index < -0.39 is 9.84 Å². The number of benzene rings is 2. The van der Waals surface area contributed by atoms with Gasteiger partial charge in [0, 0.05) is 16.3 Å². The molecule has 0 aliphatic carbocycles. The van der Waals surface area contributed by atoms with Crippen LogP contribution in [0.25, 0.3) is 11.0 Å². The van der Waals surface area contributed by atoms with E-state index in [1.807, 2.05) is 18.2 Å². The lowest BCUT2D eigenvalue weighted by Crippen LogP contribution is -2.08. The fourth-order valence-electron chi connectivity index (χ4n) is 2.17. The van der Waals surface area contributed by atoms with Crippen LogP contribution in [-0.4, -0.2) is 37.0 Å². The van der Waals surface area contributed by atoms with E-state index in [-0.39, 0.29) is 5.75 Å². The predicted octanol–water partition coefficient (Wildman–Crippen LogP) is 3.90. The van der Waals surface area contributed by atoms with Crippen molar-refractivity contribution >= 4 is 48.6 Å². The summed E-state index contributed by atoms with van der Waals surface area (Å²) in [7, 11) is -1.68. The molecule has 3 rings (SSSR count).